The largest absolute Gasteiger partial charge is 0.502 e. The fraction of sp³-hybridized carbons (Fsp3) is 0.366. The molecule has 4 amide bonds. The number of phenols is 1. The number of anilines is 1. The van der Waals surface area contributed by atoms with Crippen molar-refractivity contribution in [2.24, 2.45) is 29.6 Å². The smallest absolute Gasteiger partial charge is 0.260 e. The lowest BCUT2D eigenvalue weighted by molar-refractivity contribution is -0.146. The molecule has 2 aliphatic heterocycles. The van der Waals surface area contributed by atoms with Crippen molar-refractivity contribution in [3.8, 4) is 23.0 Å². The molecule has 13 heteroatoms. The highest BCUT2D eigenvalue weighted by molar-refractivity contribution is 6.36. The van der Waals surface area contributed by atoms with E-state index in [1.54, 1.807) is 61.7 Å². The van der Waals surface area contributed by atoms with Crippen LogP contribution >= 0.6 is 23.2 Å². The van der Waals surface area contributed by atoms with Crippen molar-refractivity contribution in [1.29, 1.82) is 0 Å². The van der Waals surface area contributed by atoms with Crippen molar-refractivity contribution < 1.29 is 38.5 Å². The molecule has 0 spiro atoms. The standard InChI is InChI=1S/C41H41Cl2N3O8/c1-40(2,3)45-36(48)26-14-13-25-27(34(26)38(45)50)20-29-37(49)46(44-31-16-10-23(42)19-30(31)43)39(51)41(29,22-8-11-24(52-4)12-9-22)28(25)15-7-21-17-32(53-5)35(47)33(18-21)54-6/h7-13,15-19,26-29,34,44,47H,14,20H2,1-6H3. The average Bonchev–Trinajstić information content (AvgIpc) is 3.53. The molecule has 11 nitrogen and oxygen atoms in total. The zero-order valence-electron chi connectivity index (χ0n) is 30.7. The molecule has 6 atom stereocenters. The third-order valence-corrected chi connectivity index (χ3v) is 11.8. The summed E-state index contributed by atoms with van der Waals surface area (Å²) in [6.07, 6.45) is 6.08. The van der Waals surface area contributed by atoms with Crippen LogP contribution in [0.1, 0.15) is 44.7 Å². The van der Waals surface area contributed by atoms with E-state index in [-0.39, 0.29) is 40.5 Å². The number of hydrogen-bond donors (Lipinski definition) is 2. The number of nitrogens with one attached hydrogen (secondary N) is 1. The van der Waals surface area contributed by atoms with Gasteiger partial charge in [0.25, 0.3) is 11.8 Å². The number of amides is 4. The highest BCUT2D eigenvalue weighted by atomic mass is 35.5. The Hall–Kier alpha value is -5.00. The molecule has 3 fully saturated rings. The number of allylic oxidation sites excluding steroid dienone is 3. The number of hydrogen-bond acceptors (Lipinski definition) is 9. The molecule has 7 rings (SSSR count). The number of hydrazine groups is 1. The number of benzene rings is 3. The predicted octanol–water partition coefficient (Wildman–Crippen LogP) is 7.05. The second-order valence-electron chi connectivity index (χ2n) is 15.1. The van der Waals surface area contributed by atoms with Crippen LogP contribution in [0.3, 0.4) is 0 Å². The number of carbonyl (C=O) groups is 4. The van der Waals surface area contributed by atoms with Gasteiger partial charge in [-0.1, -0.05) is 59.1 Å². The monoisotopic (exact) mass is 773 g/mol. The summed E-state index contributed by atoms with van der Waals surface area (Å²) in [4.78, 5) is 59.8. The second-order valence-corrected chi connectivity index (χ2v) is 15.9. The number of methoxy groups -OCH3 is 3. The van der Waals surface area contributed by atoms with Crippen molar-refractivity contribution in [2.45, 2.75) is 44.6 Å². The number of ether oxygens (including phenoxy) is 3. The van der Waals surface area contributed by atoms with E-state index in [1.165, 1.54) is 25.2 Å². The van der Waals surface area contributed by atoms with E-state index in [0.29, 0.717) is 34.0 Å². The molecule has 2 saturated heterocycles. The molecule has 1 saturated carbocycles. The van der Waals surface area contributed by atoms with E-state index in [9.17, 15) is 19.5 Å². The third-order valence-electron chi connectivity index (χ3n) is 11.3. The Balaban J connectivity index is 1.45. The van der Waals surface area contributed by atoms with E-state index in [1.807, 2.05) is 32.9 Å². The Morgan fingerprint density at radius 3 is 2.13 bits per heavy atom. The maximum absolute atomic E-state index is 15.4. The second kappa shape index (κ2) is 13.7. The highest BCUT2D eigenvalue weighted by Gasteiger charge is 2.70. The lowest BCUT2D eigenvalue weighted by Crippen LogP contribution is -2.54. The van der Waals surface area contributed by atoms with Gasteiger partial charge < -0.3 is 19.3 Å². The van der Waals surface area contributed by atoms with Gasteiger partial charge >= 0.3 is 0 Å². The summed E-state index contributed by atoms with van der Waals surface area (Å²) in [5.74, 6) is -4.37. The number of fused-ring (bicyclic) bond motifs is 4. The van der Waals surface area contributed by atoms with Crippen molar-refractivity contribution in [1.82, 2.24) is 9.91 Å². The van der Waals surface area contributed by atoms with Gasteiger partial charge in [-0.3, -0.25) is 29.5 Å². The van der Waals surface area contributed by atoms with Crippen molar-refractivity contribution in [2.75, 3.05) is 26.8 Å². The molecule has 3 aromatic rings. The first-order chi connectivity index (χ1) is 25.7. The summed E-state index contributed by atoms with van der Waals surface area (Å²) in [7, 11) is 4.40. The quantitative estimate of drug-likeness (QED) is 0.182. The number of aromatic hydroxyl groups is 1. The van der Waals surface area contributed by atoms with Gasteiger partial charge in [-0.2, -0.15) is 5.01 Å². The first-order valence-corrected chi connectivity index (χ1v) is 18.4. The van der Waals surface area contributed by atoms with Gasteiger partial charge in [0.05, 0.1) is 55.2 Å². The number of carbonyl (C=O) groups excluding carboxylic acids is 4. The molecular weight excluding hydrogens is 733 g/mol. The number of imide groups is 2. The van der Waals surface area contributed by atoms with Crippen molar-refractivity contribution in [3.05, 3.63) is 93.5 Å². The van der Waals surface area contributed by atoms with Gasteiger partial charge in [0, 0.05) is 16.5 Å². The molecular formula is C41H41Cl2N3O8. The van der Waals surface area contributed by atoms with Crippen LogP contribution in [0.2, 0.25) is 10.0 Å². The van der Waals surface area contributed by atoms with Crippen LogP contribution in [0.25, 0.3) is 6.08 Å². The van der Waals surface area contributed by atoms with Crippen molar-refractivity contribution >= 4 is 58.6 Å². The Kier molecular flexibility index (Phi) is 9.46. The molecule has 4 aliphatic rings. The van der Waals surface area contributed by atoms with Gasteiger partial charge in [0.2, 0.25) is 17.6 Å². The molecule has 2 aliphatic carbocycles. The fourth-order valence-electron chi connectivity index (χ4n) is 8.97. The van der Waals surface area contributed by atoms with E-state index < -0.39 is 52.4 Å². The Bertz CT molecular complexity index is 2100. The normalized spacial score (nSPS) is 26.4. The minimum absolute atomic E-state index is 0.137. The van der Waals surface area contributed by atoms with E-state index in [0.717, 1.165) is 10.6 Å². The zero-order valence-corrected chi connectivity index (χ0v) is 32.2. The number of phenolic OH excluding ortho intramolecular Hbond substituents is 1. The van der Waals surface area contributed by atoms with Crippen LogP contribution in [0.5, 0.6) is 23.0 Å². The van der Waals surface area contributed by atoms with E-state index in [2.05, 4.69) is 5.43 Å². The van der Waals surface area contributed by atoms with Gasteiger partial charge in [-0.15, -0.1) is 0 Å². The third kappa shape index (κ3) is 5.71. The SMILES string of the molecule is COc1ccc(C23C(=O)N(Nc4ccc(Cl)cc4Cl)C(=O)C2CC2C(=CCC4C(=O)N(C(C)(C)C)C(=O)C42)C3C=Cc2cc(OC)c(O)c(OC)c2)cc1. The summed E-state index contributed by atoms with van der Waals surface area (Å²) in [6, 6.07) is 15.1. The average molecular weight is 775 g/mol. The summed E-state index contributed by atoms with van der Waals surface area (Å²) in [6.45, 7) is 5.50. The maximum atomic E-state index is 15.4. The molecule has 6 unspecified atom stereocenters. The minimum Gasteiger partial charge on any atom is -0.502 e. The molecule has 2 N–H and O–H groups in total. The minimum atomic E-state index is -1.51. The van der Waals surface area contributed by atoms with Gasteiger partial charge in [-0.25, -0.2) is 0 Å². The van der Waals surface area contributed by atoms with E-state index >= 15 is 4.79 Å². The first-order valence-electron chi connectivity index (χ1n) is 17.6. The molecule has 0 aromatic heterocycles. The molecule has 282 valence electrons. The van der Waals surface area contributed by atoms with Crippen LogP contribution < -0.4 is 19.6 Å². The van der Waals surface area contributed by atoms with Crippen LogP contribution in [0, 0.1) is 29.6 Å². The Labute approximate surface area is 323 Å². The zero-order chi connectivity index (χ0) is 38.9. The van der Waals surface area contributed by atoms with Crippen molar-refractivity contribution in [3.63, 3.8) is 0 Å². The molecule has 0 bridgehead atoms. The van der Waals surface area contributed by atoms with Gasteiger partial charge in [0.15, 0.2) is 11.5 Å². The van der Waals surface area contributed by atoms with E-state index in [4.69, 9.17) is 37.4 Å². The number of likely N-dealkylation sites (tertiary alicyclic amines) is 1. The fourth-order valence-corrected chi connectivity index (χ4v) is 9.42. The molecule has 0 radical (unpaired) electrons. The predicted molar refractivity (Wildman–Crippen MR) is 203 cm³/mol. The highest BCUT2D eigenvalue weighted by Crippen LogP contribution is 2.62. The number of nitrogens with zero attached hydrogens (tertiary/aromatic N) is 2. The molecule has 54 heavy (non-hydrogen) atoms. The van der Waals surface area contributed by atoms with Crippen LogP contribution in [0.4, 0.5) is 5.69 Å². The topological polar surface area (TPSA) is 135 Å². The Morgan fingerprint density at radius 2 is 1.54 bits per heavy atom. The van der Waals surface area contributed by atoms with Crippen LogP contribution in [0.15, 0.2) is 72.3 Å². The number of halogens is 2. The van der Waals surface area contributed by atoms with Gasteiger partial charge in [0.1, 0.15) is 5.75 Å². The summed E-state index contributed by atoms with van der Waals surface area (Å²) in [5, 5.41) is 12.2. The van der Waals surface area contributed by atoms with Crippen LogP contribution in [-0.2, 0) is 24.6 Å². The summed E-state index contributed by atoms with van der Waals surface area (Å²) >= 11 is 12.7. The lowest BCUT2D eigenvalue weighted by atomic mass is 9.50. The summed E-state index contributed by atoms with van der Waals surface area (Å²) in [5.41, 5.74) is 2.99. The summed E-state index contributed by atoms with van der Waals surface area (Å²) < 4.78 is 16.3. The molecule has 3 aromatic carbocycles. The Morgan fingerprint density at radius 1 is 0.870 bits per heavy atom. The lowest BCUT2D eigenvalue weighted by Gasteiger charge is -2.49. The van der Waals surface area contributed by atoms with Crippen LogP contribution in [-0.4, -0.2) is 65.5 Å². The van der Waals surface area contributed by atoms with Gasteiger partial charge in [-0.05, 0) is 93.1 Å². The number of rotatable bonds is 8. The molecule has 2 heterocycles. The maximum Gasteiger partial charge on any atom is 0.260 e. The first kappa shape index (κ1) is 37.3.